The average molecular weight is 411 g/mol. The number of amides is 1. The molecule has 6 nitrogen and oxygen atoms in total. The monoisotopic (exact) mass is 411 g/mol. The van der Waals surface area contributed by atoms with E-state index in [1.54, 1.807) is 12.2 Å². The maximum absolute atomic E-state index is 11.3. The SMILES string of the molecule is CC=CC(=O)NCCC[N+](C)(C)Cc1ccccc1.O=S(=O)(O)C(F)(F)F. The lowest BCUT2D eigenvalue weighted by Gasteiger charge is -2.30. The topological polar surface area (TPSA) is 83.5 Å². The largest absolute Gasteiger partial charge is 0.522 e. The quantitative estimate of drug-likeness (QED) is 0.238. The molecule has 1 aromatic carbocycles. The molecule has 0 aliphatic rings. The van der Waals surface area contributed by atoms with Crippen molar-refractivity contribution in [3.8, 4) is 0 Å². The lowest BCUT2D eigenvalue weighted by Crippen LogP contribution is -2.40. The number of nitrogens with zero attached hydrogens (tertiary/aromatic N) is 1. The van der Waals surface area contributed by atoms with Crippen molar-refractivity contribution in [2.45, 2.75) is 25.4 Å². The first kappa shape index (κ1) is 25.1. The van der Waals surface area contributed by atoms with E-state index in [1.165, 1.54) is 5.56 Å². The summed E-state index contributed by atoms with van der Waals surface area (Å²) >= 11 is 0. The van der Waals surface area contributed by atoms with Crippen LogP contribution in [0.1, 0.15) is 18.9 Å². The van der Waals surface area contributed by atoms with Crippen LogP contribution in [0.5, 0.6) is 0 Å². The van der Waals surface area contributed by atoms with Crippen molar-refractivity contribution in [1.29, 1.82) is 0 Å². The molecule has 0 spiro atoms. The van der Waals surface area contributed by atoms with Crippen LogP contribution in [0.25, 0.3) is 0 Å². The Bertz CT molecular complexity index is 703. The second-order valence-corrected chi connectivity index (χ2v) is 7.78. The molecule has 1 amide bonds. The molecule has 0 aliphatic heterocycles. The van der Waals surface area contributed by atoms with Gasteiger partial charge in [0, 0.05) is 18.5 Å². The maximum Gasteiger partial charge on any atom is 0.522 e. The van der Waals surface area contributed by atoms with Crippen molar-refractivity contribution < 1.29 is 35.4 Å². The third kappa shape index (κ3) is 12.2. The van der Waals surface area contributed by atoms with Gasteiger partial charge in [-0.1, -0.05) is 36.4 Å². The Balaban J connectivity index is 0.000000713. The number of quaternary nitrogens is 1. The number of carbonyl (C=O) groups excluding carboxylic acids is 1. The van der Waals surface area contributed by atoms with E-state index in [1.807, 2.05) is 13.0 Å². The minimum Gasteiger partial charge on any atom is -0.352 e. The molecule has 154 valence electrons. The molecule has 1 rings (SSSR count). The predicted molar refractivity (Wildman–Crippen MR) is 97.2 cm³/mol. The molecule has 0 fully saturated rings. The number of benzene rings is 1. The van der Waals surface area contributed by atoms with Gasteiger partial charge in [0.05, 0.1) is 20.6 Å². The minimum atomic E-state index is -5.84. The number of halogens is 3. The van der Waals surface area contributed by atoms with E-state index in [9.17, 15) is 18.0 Å². The lowest BCUT2D eigenvalue weighted by molar-refractivity contribution is -0.903. The third-order valence-electron chi connectivity index (χ3n) is 3.30. The molecule has 2 N–H and O–H groups in total. The number of hydrogen-bond acceptors (Lipinski definition) is 3. The highest BCUT2D eigenvalue weighted by atomic mass is 32.2. The van der Waals surface area contributed by atoms with Crippen molar-refractivity contribution in [3.05, 3.63) is 48.0 Å². The molecule has 0 saturated heterocycles. The Morgan fingerprint density at radius 1 is 1.22 bits per heavy atom. The maximum atomic E-state index is 11.3. The van der Waals surface area contributed by atoms with Crippen LogP contribution in [-0.2, 0) is 21.5 Å². The fourth-order valence-corrected chi connectivity index (χ4v) is 2.09. The molecule has 0 bridgehead atoms. The normalized spacial score (nSPS) is 12.4. The summed E-state index contributed by atoms with van der Waals surface area (Å²) in [5.41, 5.74) is -4.18. The lowest BCUT2D eigenvalue weighted by atomic mass is 10.2. The van der Waals surface area contributed by atoms with E-state index in [4.69, 9.17) is 13.0 Å². The summed E-state index contributed by atoms with van der Waals surface area (Å²) in [5, 5.41) is 2.88. The summed E-state index contributed by atoms with van der Waals surface area (Å²) in [7, 11) is -1.39. The van der Waals surface area contributed by atoms with Gasteiger partial charge < -0.3 is 9.80 Å². The molecule has 0 unspecified atom stereocenters. The summed E-state index contributed by atoms with van der Waals surface area (Å²) in [6, 6.07) is 10.5. The molecule has 0 radical (unpaired) electrons. The van der Waals surface area contributed by atoms with Crippen LogP contribution in [0.4, 0.5) is 13.2 Å². The highest BCUT2D eigenvalue weighted by Gasteiger charge is 2.44. The number of hydrogen-bond donors (Lipinski definition) is 2. The molecule has 1 aromatic rings. The molecule has 10 heteroatoms. The Morgan fingerprint density at radius 3 is 2.19 bits per heavy atom. The van der Waals surface area contributed by atoms with Gasteiger partial charge in [0.1, 0.15) is 6.54 Å². The van der Waals surface area contributed by atoms with Crippen LogP contribution in [0.3, 0.4) is 0 Å². The van der Waals surface area contributed by atoms with Gasteiger partial charge in [-0.3, -0.25) is 9.35 Å². The van der Waals surface area contributed by atoms with Crippen LogP contribution in [0.2, 0.25) is 0 Å². The van der Waals surface area contributed by atoms with Gasteiger partial charge in [-0.15, -0.1) is 0 Å². The second-order valence-electron chi connectivity index (χ2n) is 6.37. The summed E-state index contributed by atoms with van der Waals surface area (Å²) < 4.78 is 58.5. The van der Waals surface area contributed by atoms with E-state index in [0.717, 1.165) is 30.5 Å². The minimum absolute atomic E-state index is 0.00383. The van der Waals surface area contributed by atoms with E-state index < -0.39 is 15.6 Å². The number of nitrogens with one attached hydrogen (secondary N) is 1. The average Bonchev–Trinajstić information content (AvgIpc) is 2.51. The van der Waals surface area contributed by atoms with Crippen molar-refractivity contribution in [2.75, 3.05) is 27.2 Å². The van der Waals surface area contributed by atoms with Crippen LogP contribution in [-0.4, -0.2) is 56.1 Å². The Hall–Kier alpha value is -1.91. The molecule has 0 saturated carbocycles. The zero-order chi connectivity index (χ0) is 21.1. The smallest absolute Gasteiger partial charge is 0.352 e. The first-order valence-electron chi connectivity index (χ1n) is 8.09. The number of rotatable bonds is 7. The van der Waals surface area contributed by atoms with Crippen molar-refractivity contribution in [1.82, 2.24) is 5.32 Å². The molecule has 0 aromatic heterocycles. The highest BCUT2D eigenvalue weighted by Crippen LogP contribution is 2.20. The molecular weight excluding hydrogens is 385 g/mol. The van der Waals surface area contributed by atoms with Gasteiger partial charge in [-0.25, -0.2) is 0 Å². The predicted octanol–water partition coefficient (Wildman–Crippen LogP) is 2.74. The summed E-state index contributed by atoms with van der Waals surface area (Å²) in [5.74, 6) is -0.00383. The molecule has 0 atom stereocenters. The van der Waals surface area contributed by atoms with Gasteiger partial charge in [-0.2, -0.15) is 21.6 Å². The van der Waals surface area contributed by atoms with E-state index >= 15 is 0 Å². The van der Waals surface area contributed by atoms with Crippen molar-refractivity contribution in [2.24, 2.45) is 0 Å². The Morgan fingerprint density at radius 2 is 1.74 bits per heavy atom. The third-order valence-corrected chi connectivity index (χ3v) is 3.89. The zero-order valence-corrected chi connectivity index (χ0v) is 16.3. The standard InChI is InChI=1S/C16H24N2O.CHF3O3S/c1-4-9-16(19)17-12-8-13-18(2,3)14-15-10-6-5-7-11-15;2-1(3,4)8(5,6)7/h4-7,9-11H,8,12-14H2,1-3H3;(H,5,6,7)/p+1. The fourth-order valence-electron chi connectivity index (χ4n) is 2.09. The number of carbonyl (C=O) groups is 1. The van der Waals surface area contributed by atoms with Crippen LogP contribution >= 0.6 is 0 Å². The van der Waals surface area contributed by atoms with Crippen LogP contribution < -0.4 is 5.32 Å². The van der Waals surface area contributed by atoms with Gasteiger partial charge in [-0.05, 0) is 13.0 Å². The number of allylic oxidation sites excluding steroid dienone is 1. The first-order chi connectivity index (χ1) is 12.3. The zero-order valence-electron chi connectivity index (χ0n) is 15.5. The summed E-state index contributed by atoms with van der Waals surface area (Å²) in [4.78, 5) is 11.3. The second kappa shape index (κ2) is 11.1. The van der Waals surface area contributed by atoms with E-state index in [0.29, 0.717) is 0 Å². The van der Waals surface area contributed by atoms with Gasteiger partial charge in [0.15, 0.2) is 0 Å². The van der Waals surface area contributed by atoms with Gasteiger partial charge in [0.25, 0.3) is 0 Å². The summed E-state index contributed by atoms with van der Waals surface area (Å²) in [6.45, 7) is 4.65. The molecular formula is C17H26F3N2O4S+. The number of alkyl halides is 3. The Labute approximate surface area is 158 Å². The van der Waals surface area contributed by atoms with Crippen molar-refractivity contribution in [3.63, 3.8) is 0 Å². The van der Waals surface area contributed by atoms with Gasteiger partial charge in [0.2, 0.25) is 5.91 Å². The molecule has 0 aliphatic carbocycles. The fraction of sp³-hybridized carbons (Fsp3) is 0.471. The molecule has 27 heavy (non-hydrogen) atoms. The summed E-state index contributed by atoms with van der Waals surface area (Å²) in [6.07, 6.45) is 4.30. The van der Waals surface area contributed by atoms with Crippen LogP contribution in [0, 0.1) is 0 Å². The van der Waals surface area contributed by atoms with Crippen LogP contribution in [0.15, 0.2) is 42.5 Å². The van der Waals surface area contributed by atoms with E-state index in [-0.39, 0.29) is 5.91 Å². The molecule has 0 heterocycles. The Kier molecular flexibility index (Phi) is 10.3. The van der Waals surface area contributed by atoms with E-state index in [2.05, 4.69) is 43.7 Å². The first-order valence-corrected chi connectivity index (χ1v) is 9.53. The van der Waals surface area contributed by atoms with Gasteiger partial charge >= 0.3 is 15.6 Å². The highest BCUT2D eigenvalue weighted by molar-refractivity contribution is 7.86. The van der Waals surface area contributed by atoms with Crippen molar-refractivity contribution >= 4 is 16.0 Å².